The topological polar surface area (TPSA) is 3.24 Å². The Morgan fingerprint density at radius 1 is 0.722 bits per heavy atom. The van der Waals surface area contributed by atoms with Crippen LogP contribution in [0.25, 0.3) is 0 Å². The Kier molecular flexibility index (Phi) is 0.983. The van der Waals surface area contributed by atoms with Crippen LogP contribution in [0.1, 0.15) is 12.8 Å². The Balaban J connectivity index is 1.54. The van der Waals surface area contributed by atoms with Gasteiger partial charge in [-0.15, -0.1) is 0 Å². The van der Waals surface area contributed by atoms with Gasteiger partial charge >= 0.3 is 0 Å². The van der Waals surface area contributed by atoms with Crippen LogP contribution in [0, 0.1) is 70.0 Å². The zero-order chi connectivity index (χ0) is 11.2. The second-order valence-corrected chi connectivity index (χ2v) is 10.6. The fraction of sp³-hybridized carbons (Fsp3) is 1.00. The SMILES string of the molecule is IN1CC23C4C5CC5C5C4C4C2C2CC2C4C53C1. The molecule has 8 unspecified atom stereocenters. The largest absolute Gasteiger partial charge is 0.246 e. The van der Waals surface area contributed by atoms with Crippen molar-refractivity contribution in [3.05, 3.63) is 0 Å². The third-order valence-corrected chi connectivity index (χ3v) is 10.5. The van der Waals surface area contributed by atoms with Crippen LogP contribution in [0.15, 0.2) is 0 Å². The number of hydrogen-bond acceptors (Lipinski definition) is 1. The highest BCUT2D eigenvalue weighted by Crippen LogP contribution is 3.02. The summed E-state index contributed by atoms with van der Waals surface area (Å²) >= 11 is 2.68. The molecule has 0 aromatic carbocycles. The van der Waals surface area contributed by atoms with Crippen LogP contribution >= 0.6 is 22.9 Å². The minimum atomic E-state index is 0.883. The van der Waals surface area contributed by atoms with Gasteiger partial charge in [0.15, 0.2) is 0 Å². The van der Waals surface area contributed by atoms with Crippen molar-refractivity contribution in [2.75, 3.05) is 13.1 Å². The predicted octanol–water partition coefficient (Wildman–Crippen LogP) is 2.66. The molecule has 8 aliphatic carbocycles. The Bertz CT molecular complexity index is 477. The number of rotatable bonds is 0. The number of hydrogen-bond donors (Lipinski definition) is 0. The van der Waals surface area contributed by atoms with Gasteiger partial charge in [-0.3, -0.25) is 0 Å². The van der Waals surface area contributed by atoms with Crippen molar-refractivity contribution in [2.45, 2.75) is 12.8 Å². The lowest BCUT2D eigenvalue weighted by Crippen LogP contribution is -2.51. The van der Waals surface area contributed by atoms with Gasteiger partial charge in [-0.25, -0.2) is 3.11 Å². The van der Waals surface area contributed by atoms with Crippen molar-refractivity contribution in [1.82, 2.24) is 3.11 Å². The molecule has 9 fully saturated rings. The van der Waals surface area contributed by atoms with E-state index in [1.54, 1.807) is 12.8 Å². The highest BCUT2D eigenvalue weighted by Gasteiger charge is 3.00. The zero-order valence-corrected chi connectivity index (χ0v) is 12.6. The first-order valence-electron chi connectivity index (χ1n) is 8.21. The summed E-state index contributed by atoms with van der Waals surface area (Å²) in [5.41, 5.74) is 1.77. The Hall–Kier alpha value is 0.690. The summed E-state index contributed by atoms with van der Waals surface area (Å²) in [4.78, 5) is 0. The first-order chi connectivity index (χ1) is 8.81. The van der Waals surface area contributed by atoms with Gasteiger partial charge in [0.25, 0.3) is 0 Å². The van der Waals surface area contributed by atoms with Crippen molar-refractivity contribution >= 4 is 22.9 Å². The van der Waals surface area contributed by atoms with Crippen LogP contribution in [-0.2, 0) is 0 Å². The molecule has 1 saturated heterocycles. The molecular weight excluding hydrogens is 333 g/mol. The van der Waals surface area contributed by atoms with E-state index in [0.29, 0.717) is 0 Å². The van der Waals surface area contributed by atoms with E-state index in [9.17, 15) is 0 Å². The number of halogens is 1. The molecule has 8 atom stereocenters. The van der Waals surface area contributed by atoms with E-state index in [4.69, 9.17) is 0 Å². The molecule has 18 heavy (non-hydrogen) atoms. The molecular formula is C16H18IN. The van der Waals surface area contributed by atoms with E-state index >= 15 is 0 Å². The molecule has 8 saturated carbocycles. The van der Waals surface area contributed by atoms with Crippen molar-refractivity contribution in [2.24, 2.45) is 70.0 Å². The molecule has 94 valence electrons. The monoisotopic (exact) mass is 351 g/mol. The summed E-state index contributed by atoms with van der Waals surface area (Å²) in [5, 5.41) is 0. The fourth-order valence-electron chi connectivity index (χ4n) is 10.6. The van der Waals surface area contributed by atoms with E-state index in [-0.39, 0.29) is 0 Å². The molecule has 9 rings (SSSR count). The van der Waals surface area contributed by atoms with Gasteiger partial charge in [-0.1, -0.05) is 0 Å². The Morgan fingerprint density at radius 2 is 1.11 bits per heavy atom. The van der Waals surface area contributed by atoms with Crippen molar-refractivity contribution in [1.29, 1.82) is 0 Å². The summed E-state index contributed by atoms with van der Waals surface area (Å²) < 4.78 is 2.74. The molecule has 2 spiro atoms. The smallest absolute Gasteiger partial charge is 0.0201 e. The molecule has 1 heterocycles. The fourth-order valence-corrected chi connectivity index (χ4v) is 11.7. The van der Waals surface area contributed by atoms with Crippen LogP contribution in [0.4, 0.5) is 0 Å². The van der Waals surface area contributed by atoms with E-state index in [1.807, 2.05) is 0 Å². The van der Waals surface area contributed by atoms with Crippen molar-refractivity contribution < 1.29 is 0 Å². The maximum Gasteiger partial charge on any atom is 0.0201 e. The minimum Gasteiger partial charge on any atom is -0.246 e. The van der Waals surface area contributed by atoms with Gasteiger partial charge in [0, 0.05) is 36.0 Å². The second kappa shape index (κ2) is 2.00. The molecule has 0 aromatic rings. The highest BCUT2D eigenvalue weighted by atomic mass is 127. The summed E-state index contributed by atoms with van der Waals surface area (Å²) in [6.07, 6.45) is 3.33. The minimum absolute atomic E-state index is 0.883. The van der Waals surface area contributed by atoms with E-state index in [1.165, 1.54) is 72.3 Å². The average molecular weight is 351 g/mol. The van der Waals surface area contributed by atoms with Crippen LogP contribution in [0.3, 0.4) is 0 Å². The van der Waals surface area contributed by atoms with Crippen molar-refractivity contribution in [3.8, 4) is 0 Å². The quantitative estimate of drug-likeness (QED) is 0.479. The molecule has 1 aliphatic heterocycles. The average Bonchev–Trinajstić information content (AvgIpc) is 3.02. The number of nitrogens with zero attached hydrogens (tertiary/aromatic N) is 1. The van der Waals surface area contributed by atoms with E-state index in [2.05, 4.69) is 26.0 Å². The molecule has 0 radical (unpaired) electrons. The van der Waals surface area contributed by atoms with E-state index < -0.39 is 0 Å². The van der Waals surface area contributed by atoms with Gasteiger partial charge in [0.1, 0.15) is 0 Å². The van der Waals surface area contributed by atoms with E-state index in [0.717, 1.165) is 10.8 Å². The first kappa shape index (κ1) is 8.86. The lowest BCUT2D eigenvalue weighted by atomic mass is 9.52. The van der Waals surface area contributed by atoms with Gasteiger partial charge in [0.2, 0.25) is 0 Å². The summed E-state index contributed by atoms with van der Waals surface area (Å²) in [6.45, 7) is 3.02. The van der Waals surface area contributed by atoms with Crippen LogP contribution in [-0.4, -0.2) is 16.2 Å². The summed E-state index contributed by atoms with van der Waals surface area (Å²) in [5.74, 6) is 12.4. The standard InChI is InChI=1S/C16H18IN/c17-18-3-15-11-5-1-6(5)12-9(11)10-13(15)7-2-8(7)14(10)16(12,15)4-18/h5-14H,1-4H2. The lowest BCUT2D eigenvalue weighted by molar-refractivity contribution is -0.0384. The summed E-state index contributed by atoms with van der Waals surface area (Å²) in [6, 6.07) is 0. The Morgan fingerprint density at radius 3 is 1.50 bits per heavy atom. The van der Waals surface area contributed by atoms with Gasteiger partial charge < -0.3 is 0 Å². The highest BCUT2D eigenvalue weighted by molar-refractivity contribution is 14.1. The predicted molar refractivity (Wildman–Crippen MR) is 74.6 cm³/mol. The first-order valence-corrected chi connectivity index (χ1v) is 9.18. The zero-order valence-electron chi connectivity index (χ0n) is 10.4. The van der Waals surface area contributed by atoms with Gasteiger partial charge in [-0.2, -0.15) is 0 Å². The molecule has 0 aromatic heterocycles. The van der Waals surface area contributed by atoms with Crippen LogP contribution < -0.4 is 0 Å². The third-order valence-electron chi connectivity index (χ3n) is 9.84. The third kappa shape index (κ3) is 0.489. The maximum absolute atomic E-state index is 2.74. The normalized spacial score (nSPS) is 89.8. The molecule has 0 amide bonds. The van der Waals surface area contributed by atoms with Crippen LogP contribution in [0.2, 0.25) is 0 Å². The second-order valence-electron chi connectivity index (χ2n) is 9.24. The molecule has 0 N–H and O–H groups in total. The molecule has 8 bridgehead atoms. The molecule has 1 nitrogen and oxygen atoms in total. The van der Waals surface area contributed by atoms with Gasteiger partial charge in [0.05, 0.1) is 0 Å². The Labute approximate surface area is 122 Å². The summed E-state index contributed by atoms with van der Waals surface area (Å²) in [7, 11) is 0. The molecule has 9 aliphatic rings. The van der Waals surface area contributed by atoms with Crippen molar-refractivity contribution in [3.63, 3.8) is 0 Å². The molecule has 2 heteroatoms. The van der Waals surface area contributed by atoms with Gasteiger partial charge in [-0.05, 0) is 82.9 Å². The lowest BCUT2D eigenvalue weighted by Gasteiger charge is -2.51. The number of fused-ring (bicyclic) bond motifs is 2. The van der Waals surface area contributed by atoms with Crippen LogP contribution in [0.5, 0.6) is 0 Å². The maximum atomic E-state index is 2.74.